The van der Waals surface area contributed by atoms with E-state index in [4.69, 9.17) is 11.6 Å². The van der Waals surface area contributed by atoms with Crippen LogP contribution in [-0.4, -0.2) is 20.9 Å². The van der Waals surface area contributed by atoms with Crippen molar-refractivity contribution >= 4 is 38.7 Å². The summed E-state index contributed by atoms with van der Waals surface area (Å²) in [7, 11) is -3.85. The molecule has 3 aromatic rings. The number of amides is 1. The SMILES string of the molecule is Cc1cc(S(=O)(=O)[C@@H](CNC(=O)c2cccc(Cl)c2)c2cccs2)ccc1F. The first kappa shape index (κ1) is 20.5. The van der Waals surface area contributed by atoms with Crippen LogP contribution in [0.3, 0.4) is 0 Å². The predicted octanol–water partition coefficient (Wildman–Crippen LogP) is 4.79. The third-order valence-electron chi connectivity index (χ3n) is 4.23. The highest BCUT2D eigenvalue weighted by Crippen LogP contribution is 2.32. The van der Waals surface area contributed by atoms with Gasteiger partial charge in [0.1, 0.15) is 11.1 Å². The van der Waals surface area contributed by atoms with Gasteiger partial charge in [-0.2, -0.15) is 0 Å². The molecule has 0 aliphatic rings. The van der Waals surface area contributed by atoms with Gasteiger partial charge in [-0.3, -0.25) is 4.79 Å². The summed E-state index contributed by atoms with van der Waals surface area (Å²) < 4.78 is 40.0. The van der Waals surface area contributed by atoms with E-state index in [0.717, 1.165) is 6.07 Å². The average Bonchev–Trinajstić information content (AvgIpc) is 3.18. The highest BCUT2D eigenvalue weighted by Gasteiger charge is 2.31. The van der Waals surface area contributed by atoms with Crippen LogP contribution < -0.4 is 5.32 Å². The van der Waals surface area contributed by atoms with E-state index >= 15 is 0 Å². The van der Waals surface area contributed by atoms with Crippen LogP contribution >= 0.6 is 22.9 Å². The van der Waals surface area contributed by atoms with Gasteiger partial charge in [0.25, 0.3) is 5.91 Å². The molecular formula is C20H17ClFNO3S2. The topological polar surface area (TPSA) is 63.2 Å². The first-order valence-electron chi connectivity index (χ1n) is 8.36. The van der Waals surface area contributed by atoms with Crippen LogP contribution in [0, 0.1) is 12.7 Å². The number of sulfone groups is 1. The van der Waals surface area contributed by atoms with Crippen LogP contribution in [0.1, 0.15) is 26.0 Å². The monoisotopic (exact) mass is 437 g/mol. The second kappa shape index (κ2) is 8.43. The number of benzene rings is 2. The molecule has 0 bridgehead atoms. The predicted molar refractivity (Wildman–Crippen MR) is 109 cm³/mol. The molecule has 4 nitrogen and oxygen atoms in total. The van der Waals surface area contributed by atoms with Crippen molar-refractivity contribution in [1.29, 1.82) is 0 Å². The minimum Gasteiger partial charge on any atom is -0.350 e. The summed E-state index contributed by atoms with van der Waals surface area (Å²) in [6.45, 7) is 1.39. The van der Waals surface area contributed by atoms with Gasteiger partial charge in [-0.05, 0) is 60.3 Å². The van der Waals surface area contributed by atoms with Gasteiger partial charge in [-0.25, -0.2) is 12.8 Å². The zero-order chi connectivity index (χ0) is 20.3. The molecule has 0 unspecified atom stereocenters. The van der Waals surface area contributed by atoms with Crippen molar-refractivity contribution in [3.05, 3.63) is 86.8 Å². The first-order valence-corrected chi connectivity index (χ1v) is 11.2. The standard InChI is InChI=1S/C20H17ClFNO3S2/c1-13-10-16(7-8-17(13)22)28(25,26)19(18-6-3-9-27-18)12-23-20(24)14-4-2-5-15(21)11-14/h2-11,19H,12H2,1H3,(H,23,24)/t19-/m0/s1. The van der Waals surface area contributed by atoms with E-state index in [0.29, 0.717) is 15.5 Å². The molecule has 1 N–H and O–H groups in total. The largest absolute Gasteiger partial charge is 0.350 e. The molecule has 0 fully saturated rings. The molecule has 28 heavy (non-hydrogen) atoms. The Morgan fingerprint density at radius 3 is 2.61 bits per heavy atom. The molecule has 0 saturated heterocycles. The first-order chi connectivity index (χ1) is 13.3. The van der Waals surface area contributed by atoms with Gasteiger partial charge < -0.3 is 5.32 Å². The Bertz CT molecular complexity index is 1100. The highest BCUT2D eigenvalue weighted by molar-refractivity contribution is 7.91. The molecule has 8 heteroatoms. The number of thiophene rings is 1. The van der Waals surface area contributed by atoms with Gasteiger partial charge in [0.2, 0.25) is 0 Å². The molecule has 0 radical (unpaired) electrons. The fourth-order valence-corrected chi connectivity index (χ4v) is 5.77. The fourth-order valence-electron chi connectivity index (χ4n) is 2.71. The van der Waals surface area contributed by atoms with E-state index in [1.165, 1.54) is 36.5 Å². The van der Waals surface area contributed by atoms with Crippen LogP contribution in [-0.2, 0) is 9.84 Å². The van der Waals surface area contributed by atoms with E-state index in [1.807, 2.05) is 0 Å². The van der Waals surface area contributed by atoms with Crippen LogP contribution in [0.5, 0.6) is 0 Å². The number of hydrogen-bond donors (Lipinski definition) is 1. The number of rotatable bonds is 6. The lowest BCUT2D eigenvalue weighted by atomic mass is 10.2. The van der Waals surface area contributed by atoms with Crippen molar-refractivity contribution < 1.29 is 17.6 Å². The van der Waals surface area contributed by atoms with E-state index in [-0.39, 0.29) is 17.0 Å². The van der Waals surface area contributed by atoms with Gasteiger partial charge in [0.15, 0.2) is 9.84 Å². The molecule has 1 amide bonds. The molecule has 1 atom stereocenters. The number of hydrogen-bond acceptors (Lipinski definition) is 4. The van der Waals surface area contributed by atoms with Gasteiger partial charge >= 0.3 is 0 Å². The number of nitrogens with one attached hydrogen (secondary N) is 1. The van der Waals surface area contributed by atoms with Gasteiger partial charge in [-0.15, -0.1) is 11.3 Å². The van der Waals surface area contributed by atoms with Crippen LogP contribution in [0.25, 0.3) is 0 Å². The Labute approximate surface area is 171 Å². The summed E-state index contributed by atoms with van der Waals surface area (Å²) in [5, 5.41) is 3.87. The Hall–Kier alpha value is -2.22. The van der Waals surface area contributed by atoms with Crippen LogP contribution in [0.4, 0.5) is 4.39 Å². The second-order valence-electron chi connectivity index (χ2n) is 6.18. The third-order valence-corrected chi connectivity index (χ3v) is 7.68. The number of carbonyl (C=O) groups is 1. The lowest BCUT2D eigenvalue weighted by Gasteiger charge is -2.18. The Kier molecular flexibility index (Phi) is 6.17. The zero-order valence-electron chi connectivity index (χ0n) is 14.9. The molecule has 1 aromatic heterocycles. The maximum Gasteiger partial charge on any atom is 0.251 e. The highest BCUT2D eigenvalue weighted by atomic mass is 35.5. The van der Waals surface area contributed by atoms with E-state index in [2.05, 4.69) is 5.32 Å². The molecule has 0 aliphatic heterocycles. The average molecular weight is 438 g/mol. The van der Waals surface area contributed by atoms with Gasteiger partial charge in [0, 0.05) is 22.0 Å². The van der Waals surface area contributed by atoms with Crippen LogP contribution in [0.15, 0.2) is 64.9 Å². The number of carbonyl (C=O) groups excluding carboxylic acids is 1. The minimum absolute atomic E-state index is 0.0156. The summed E-state index contributed by atoms with van der Waals surface area (Å²) in [6.07, 6.45) is 0. The maximum absolute atomic E-state index is 13.6. The molecule has 0 saturated carbocycles. The van der Waals surface area contributed by atoms with Gasteiger partial charge in [0.05, 0.1) is 4.90 Å². The van der Waals surface area contributed by atoms with Crippen molar-refractivity contribution in [2.75, 3.05) is 6.54 Å². The normalized spacial score (nSPS) is 12.5. The molecule has 0 spiro atoms. The second-order valence-corrected chi connectivity index (χ2v) is 9.73. The summed E-state index contributed by atoms with van der Waals surface area (Å²) in [6, 6.07) is 13.5. The third kappa shape index (κ3) is 4.43. The molecule has 2 aromatic carbocycles. The van der Waals surface area contributed by atoms with Crippen molar-refractivity contribution in [1.82, 2.24) is 5.32 Å². The molecular weight excluding hydrogens is 421 g/mol. The smallest absolute Gasteiger partial charge is 0.251 e. The lowest BCUT2D eigenvalue weighted by molar-refractivity contribution is 0.0953. The summed E-state index contributed by atoms with van der Waals surface area (Å²) in [5.74, 6) is -0.893. The van der Waals surface area contributed by atoms with E-state index in [9.17, 15) is 17.6 Å². The Balaban J connectivity index is 1.89. The van der Waals surface area contributed by atoms with E-state index < -0.39 is 26.8 Å². The Morgan fingerprint density at radius 2 is 1.96 bits per heavy atom. The maximum atomic E-state index is 13.6. The van der Waals surface area contributed by atoms with Crippen molar-refractivity contribution in [2.45, 2.75) is 17.1 Å². The van der Waals surface area contributed by atoms with Crippen molar-refractivity contribution in [2.24, 2.45) is 0 Å². The molecule has 0 aliphatic carbocycles. The van der Waals surface area contributed by atoms with Crippen molar-refractivity contribution in [3.8, 4) is 0 Å². The molecule has 3 rings (SSSR count). The summed E-state index contributed by atoms with van der Waals surface area (Å²) in [4.78, 5) is 13.0. The minimum atomic E-state index is -3.85. The lowest BCUT2D eigenvalue weighted by Crippen LogP contribution is -2.31. The van der Waals surface area contributed by atoms with Crippen LogP contribution in [0.2, 0.25) is 5.02 Å². The number of halogens is 2. The quantitative estimate of drug-likeness (QED) is 0.564. The van der Waals surface area contributed by atoms with Gasteiger partial charge in [-0.1, -0.05) is 23.7 Å². The molecule has 1 heterocycles. The fraction of sp³-hybridized carbons (Fsp3) is 0.150. The van der Waals surface area contributed by atoms with Crippen molar-refractivity contribution in [3.63, 3.8) is 0 Å². The summed E-state index contributed by atoms with van der Waals surface area (Å²) >= 11 is 7.19. The molecule has 146 valence electrons. The number of aryl methyl sites for hydroxylation is 1. The summed E-state index contributed by atoms with van der Waals surface area (Å²) in [5.41, 5.74) is 0.585. The zero-order valence-corrected chi connectivity index (χ0v) is 17.2. The Morgan fingerprint density at radius 1 is 1.18 bits per heavy atom. The van der Waals surface area contributed by atoms with E-state index in [1.54, 1.807) is 35.7 Å².